The molecule has 2 heterocycles. The first-order valence-electron chi connectivity index (χ1n) is 8.87. The summed E-state index contributed by atoms with van der Waals surface area (Å²) in [5.74, 6) is 0.315. The monoisotopic (exact) mass is 395 g/mol. The minimum atomic E-state index is -0.384. The Labute approximate surface area is 164 Å². The summed E-state index contributed by atoms with van der Waals surface area (Å²) in [7, 11) is 0. The number of hydrogen-bond acceptors (Lipinski definition) is 4. The van der Waals surface area contributed by atoms with Crippen LogP contribution in [-0.2, 0) is 13.1 Å². The maximum atomic E-state index is 14.2. The van der Waals surface area contributed by atoms with Crippen LogP contribution in [-0.4, -0.2) is 11.6 Å². The summed E-state index contributed by atoms with van der Waals surface area (Å²) < 4.78 is 25.7. The second-order valence-electron chi connectivity index (χ2n) is 6.81. The fourth-order valence-corrected chi connectivity index (χ4v) is 3.93. The molecule has 4 nitrogen and oxygen atoms in total. The predicted molar refractivity (Wildman–Crippen MR) is 106 cm³/mol. The van der Waals surface area contributed by atoms with Crippen LogP contribution in [0.4, 0.5) is 4.39 Å². The third-order valence-electron chi connectivity index (χ3n) is 5.08. The Kier molecular flexibility index (Phi) is 4.07. The Morgan fingerprint density at radius 3 is 2.64 bits per heavy atom. The minimum Gasteiger partial charge on any atom is -0.478 e. The summed E-state index contributed by atoms with van der Waals surface area (Å²) in [6, 6.07) is 15.8. The van der Waals surface area contributed by atoms with Crippen molar-refractivity contribution >= 4 is 33.3 Å². The van der Waals surface area contributed by atoms with Gasteiger partial charge in [0.1, 0.15) is 23.9 Å². The molecule has 0 spiro atoms. The summed E-state index contributed by atoms with van der Waals surface area (Å²) in [5, 5.41) is 2.61. The zero-order valence-corrected chi connectivity index (χ0v) is 15.5. The molecule has 1 aliphatic rings. The molecule has 1 aliphatic heterocycles. The fraction of sp³-hybridized carbons (Fsp3) is 0.136. The molecule has 0 amide bonds. The Hall–Kier alpha value is -2.89. The van der Waals surface area contributed by atoms with Crippen molar-refractivity contribution in [3.63, 3.8) is 0 Å². The average molecular weight is 396 g/mol. The Morgan fingerprint density at radius 1 is 1.00 bits per heavy atom. The van der Waals surface area contributed by atoms with Gasteiger partial charge in [0.2, 0.25) is 0 Å². The summed E-state index contributed by atoms with van der Waals surface area (Å²) in [4.78, 5) is 14.4. The molecule has 3 aromatic carbocycles. The molecule has 0 saturated carbocycles. The lowest BCUT2D eigenvalue weighted by atomic mass is 10.0. The maximum Gasteiger partial charge on any atom is 0.344 e. The van der Waals surface area contributed by atoms with Gasteiger partial charge in [-0.25, -0.2) is 9.18 Å². The van der Waals surface area contributed by atoms with E-state index in [-0.39, 0.29) is 11.4 Å². The molecule has 6 heteroatoms. The van der Waals surface area contributed by atoms with Crippen molar-refractivity contribution < 1.29 is 13.5 Å². The van der Waals surface area contributed by atoms with Gasteiger partial charge in [0.25, 0.3) is 0 Å². The van der Waals surface area contributed by atoms with Crippen LogP contribution in [0.3, 0.4) is 0 Å². The number of nitrogens with zero attached hydrogens (tertiary/aromatic N) is 1. The van der Waals surface area contributed by atoms with Crippen molar-refractivity contribution in [2.24, 2.45) is 0 Å². The van der Waals surface area contributed by atoms with E-state index in [9.17, 15) is 9.18 Å². The molecule has 0 aliphatic carbocycles. The SMILES string of the molecule is O=c1oc2c3c(ccc2c2ccccc12)OCN(Cc1c(F)cccc1Cl)C3. The van der Waals surface area contributed by atoms with Gasteiger partial charge in [-0.3, -0.25) is 4.90 Å². The van der Waals surface area contributed by atoms with Crippen LogP contribution in [0.15, 0.2) is 63.8 Å². The van der Waals surface area contributed by atoms with Crippen molar-refractivity contribution in [1.29, 1.82) is 0 Å². The molecule has 4 aromatic rings. The van der Waals surface area contributed by atoms with Crippen LogP contribution in [0.5, 0.6) is 5.75 Å². The molecule has 5 rings (SSSR count). The number of fused-ring (bicyclic) bond motifs is 5. The van der Waals surface area contributed by atoms with Gasteiger partial charge in [0, 0.05) is 29.1 Å². The van der Waals surface area contributed by atoms with E-state index in [4.69, 9.17) is 20.8 Å². The minimum absolute atomic E-state index is 0.291. The van der Waals surface area contributed by atoms with Crippen LogP contribution in [0.25, 0.3) is 21.7 Å². The van der Waals surface area contributed by atoms with Crippen LogP contribution in [0.2, 0.25) is 5.02 Å². The second-order valence-corrected chi connectivity index (χ2v) is 7.22. The lowest BCUT2D eigenvalue weighted by Crippen LogP contribution is -2.32. The Balaban J connectivity index is 1.60. The highest BCUT2D eigenvalue weighted by Crippen LogP contribution is 2.35. The van der Waals surface area contributed by atoms with Crippen LogP contribution >= 0.6 is 11.6 Å². The van der Waals surface area contributed by atoms with Gasteiger partial charge in [-0.15, -0.1) is 0 Å². The van der Waals surface area contributed by atoms with Gasteiger partial charge in [-0.1, -0.05) is 35.9 Å². The molecule has 1 aromatic heterocycles. The van der Waals surface area contributed by atoms with Crippen molar-refractivity contribution in [2.75, 3.05) is 6.73 Å². The first-order chi connectivity index (χ1) is 13.6. The van der Waals surface area contributed by atoms with Crippen LogP contribution < -0.4 is 10.4 Å². The molecule has 0 fully saturated rings. The molecule has 0 unspecified atom stereocenters. The zero-order chi connectivity index (χ0) is 19.3. The third kappa shape index (κ3) is 2.75. The predicted octanol–water partition coefficient (Wildman–Crippen LogP) is 5.09. The van der Waals surface area contributed by atoms with Gasteiger partial charge in [0.15, 0.2) is 0 Å². The fourth-order valence-electron chi connectivity index (χ4n) is 3.71. The van der Waals surface area contributed by atoms with E-state index in [1.165, 1.54) is 6.07 Å². The van der Waals surface area contributed by atoms with Crippen molar-refractivity contribution in [1.82, 2.24) is 4.90 Å². The number of halogens is 2. The number of ether oxygens (including phenoxy) is 1. The maximum absolute atomic E-state index is 14.2. The summed E-state index contributed by atoms with van der Waals surface area (Å²) >= 11 is 6.16. The summed E-state index contributed by atoms with van der Waals surface area (Å²) in [6.45, 7) is 1.04. The largest absolute Gasteiger partial charge is 0.478 e. The van der Waals surface area contributed by atoms with E-state index in [0.29, 0.717) is 47.1 Å². The van der Waals surface area contributed by atoms with Crippen LogP contribution in [0, 0.1) is 5.82 Å². The lowest BCUT2D eigenvalue weighted by molar-refractivity contribution is 0.0880. The van der Waals surface area contributed by atoms with Crippen molar-refractivity contribution in [3.05, 3.63) is 87.0 Å². The van der Waals surface area contributed by atoms with E-state index in [0.717, 1.165) is 16.3 Å². The van der Waals surface area contributed by atoms with E-state index in [2.05, 4.69) is 0 Å². The average Bonchev–Trinajstić information content (AvgIpc) is 2.71. The highest BCUT2D eigenvalue weighted by atomic mass is 35.5. The normalized spacial score (nSPS) is 14.2. The number of rotatable bonds is 2. The van der Waals surface area contributed by atoms with E-state index in [1.54, 1.807) is 18.2 Å². The van der Waals surface area contributed by atoms with Crippen molar-refractivity contribution in [3.8, 4) is 5.75 Å². The molecule has 0 radical (unpaired) electrons. The second kappa shape index (κ2) is 6.62. The van der Waals surface area contributed by atoms with E-state index in [1.807, 2.05) is 35.2 Å². The van der Waals surface area contributed by atoms with E-state index >= 15 is 0 Å². The summed E-state index contributed by atoms with van der Waals surface area (Å²) in [6.07, 6.45) is 0. The quantitative estimate of drug-likeness (QED) is 0.350. The molecular formula is C22H15ClFNO3. The number of benzene rings is 3. The lowest BCUT2D eigenvalue weighted by Gasteiger charge is -2.29. The first-order valence-corrected chi connectivity index (χ1v) is 9.25. The Bertz CT molecular complexity index is 1260. The molecule has 0 N–H and O–H groups in total. The van der Waals surface area contributed by atoms with Gasteiger partial charge < -0.3 is 9.15 Å². The number of hydrogen-bond donors (Lipinski definition) is 0. The standard InChI is InChI=1S/C22H15ClFNO3/c23-18-6-3-7-19(24)16(18)10-25-11-17-20(27-12-25)9-8-14-13-4-1-2-5-15(13)22(26)28-21(14)17/h1-9H,10-12H2. The van der Waals surface area contributed by atoms with Gasteiger partial charge in [-0.05, 0) is 35.7 Å². The molecule has 28 heavy (non-hydrogen) atoms. The van der Waals surface area contributed by atoms with Gasteiger partial charge in [-0.2, -0.15) is 0 Å². The van der Waals surface area contributed by atoms with Crippen molar-refractivity contribution in [2.45, 2.75) is 13.1 Å². The molecule has 0 saturated heterocycles. The van der Waals surface area contributed by atoms with Gasteiger partial charge in [0.05, 0.1) is 10.9 Å². The zero-order valence-electron chi connectivity index (χ0n) is 14.7. The molecule has 0 bridgehead atoms. The van der Waals surface area contributed by atoms with Gasteiger partial charge >= 0.3 is 5.63 Å². The highest BCUT2D eigenvalue weighted by Gasteiger charge is 2.24. The van der Waals surface area contributed by atoms with E-state index < -0.39 is 0 Å². The third-order valence-corrected chi connectivity index (χ3v) is 5.43. The highest BCUT2D eigenvalue weighted by molar-refractivity contribution is 6.31. The summed E-state index contributed by atoms with van der Waals surface area (Å²) in [5.41, 5.74) is 1.32. The first kappa shape index (κ1) is 17.2. The van der Waals surface area contributed by atoms with Crippen LogP contribution in [0.1, 0.15) is 11.1 Å². The Morgan fingerprint density at radius 2 is 1.82 bits per heavy atom. The topological polar surface area (TPSA) is 42.7 Å². The molecule has 140 valence electrons. The smallest absolute Gasteiger partial charge is 0.344 e. The molecular weight excluding hydrogens is 381 g/mol. The molecule has 0 atom stereocenters.